The van der Waals surface area contributed by atoms with Gasteiger partial charge in [-0.25, -0.2) is 0 Å². The quantitative estimate of drug-likeness (QED) is 0.278. The van der Waals surface area contributed by atoms with Crippen LogP contribution in [-0.4, -0.2) is 29.9 Å². The van der Waals surface area contributed by atoms with Crippen LogP contribution in [0.4, 0.5) is 0 Å². The number of unbranched alkanes of at least 4 members (excludes halogenated alkanes) is 1. The van der Waals surface area contributed by atoms with E-state index < -0.39 is 27.5 Å². The second kappa shape index (κ2) is 8.17. The van der Waals surface area contributed by atoms with Crippen LogP contribution in [0.25, 0.3) is 0 Å². The van der Waals surface area contributed by atoms with E-state index in [2.05, 4.69) is 4.67 Å². The van der Waals surface area contributed by atoms with Crippen molar-refractivity contribution in [3.8, 4) is 0 Å². The van der Waals surface area contributed by atoms with E-state index in [0.29, 0.717) is 6.42 Å². The van der Waals surface area contributed by atoms with Crippen LogP contribution in [0, 0.1) is 0 Å². The van der Waals surface area contributed by atoms with Crippen molar-refractivity contribution < 1.29 is 28.6 Å². The highest BCUT2D eigenvalue weighted by molar-refractivity contribution is 7.54. The molecule has 0 rings (SSSR count). The third kappa shape index (κ3) is 7.22. The van der Waals surface area contributed by atoms with E-state index in [1.54, 1.807) is 6.92 Å². The monoisotopic (exact) mass is 312 g/mol. The fourth-order valence-corrected chi connectivity index (χ4v) is 5.04. The van der Waals surface area contributed by atoms with Crippen LogP contribution < -0.4 is 0 Å². The minimum Gasteiger partial charge on any atom is -0.481 e. The van der Waals surface area contributed by atoms with Crippen LogP contribution in [0.5, 0.6) is 0 Å². The van der Waals surface area contributed by atoms with E-state index in [4.69, 9.17) is 9.68 Å². The highest BCUT2D eigenvalue weighted by atomic mass is 31.2. The predicted octanol–water partition coefficient (Wildman–Crippen LogP) is 3.38. The second-order valence-electron chi connectivity index (χ2n) is 5.23. The summed E-state index contributed by atoms with van der Waals surface area (Å²) in [5.74, 6) is -1.33. The molecule has 6 nitrogen and oxygen atoms in total. The average molecular weight is 312 g/mol. The zero-order valence-electron chi connectivity index (χ0n) is 12.1. The third-order valence-corrected chi connectivity index (χ3v) is 6.53. The SMILES string of the molecule is CCCC[Si](C)(C)OOP(=O)(O)C(CCC)C(=O)O. The topological polar surface area (TPSA) is 93.1 Å². The summed E-state index contributed by atoms with van der Waals surface area (Å²) in [7, 11) is -6.48. The zero-order chi connectivity index (χ0) is 15.1. The van der Waals surface area contributed by atoms with Gasteiger partial charge < -0.3 is 10.00 Å². The highest BCUT2D eigenvalue weighted by Gasteiger charge is 2.40. The number of carbonyl (C=O) groups is 1. The van der Waals surface area contributed by atoms with Crippen molar-refractivity contribution in [1.82, 2.24) is 0 Å². The molecule has 2 N–H and O–H groups in total. The smallest absolute Gasteiger partial charge is 0.368 e. The van der Waals surface area contributed by atoms with Gasteiger partial charge in [-0.2, -0.15) is 4.67 Å². The maximum atomic E-state index is 11.9. The molecule has 0 aromatic carbocycles. The Bertz CT molecular complexity index is 333. The maximum absolute atomic E-state index is 11.9. The van der Waals surface area contributed by atoms with Crippen LogP contribution in [0.3, 0.4) is 0 Å². The van der Waals surface area contributed by atoms with Crippen molar-refractivity contribution >= 4 is 21.9 Å². The lowest BCUT2D eigenvalue weighted by atomic mass is 10.2. The van der Waals surface area contributed by atoms with Gasteiger partial charge in [-0.05, 0) is 25.6 Å². The van der Waals surface area contributed by atoms with Crippen molar-refractivity contribution in [3.05, 3.63) is 0 Å². The van der Waals surface area contributed by atoms with Gasteiger partial charge >= 0.3 is 13.6 Å². The van der Waals surface area contributed by atoms with Crippen LogP contribution >= 0.6 is 7.60 Å². The molecule has 0 bridgehead atoms. The standard InChI is InChI=1S/C11H25O6PSi/c1-5-7-9-19(3,4)17-16-18(14,15)10(8-6-2)11(12)13/h10H,5-9H2,1-4H3,(H,12,13)(H,14,15). The van der Waals surface area contributed by atoms with Crippen molar-refractivity contribution in [2.45, 2.75) is 64.3 Å². The first-order valence-corrected chi connectivity index (χ1v) is 11.3. The molecule has 2 unspecified atom stereocenters. The van der Waals surface area contributed by atoms with E-state index >= 15 is 0 Å². The highest BCUT2D eigenvalue weighted by Crippen LogP contribution is 2.50. The van der Waals surface area contributed by atoms with Crippen LogP contribution in [0.15, 0.2) is 0 Å². The van der Waals surface area contributed by atoms with Gasteiger partial charge in [-0.15, -0.1) is 0 Å². The van der Waals surface area contributed by atoms with Gasteiger partial charge in [0.05, 0.1) is 0 Å². The van der Waals surface area contributed by atoms with Gasteiger partial charge in [0.15, 0.2) is 5.66 Å². The summed E-state index contributed by atoms with van der Waals surface area (Å²) in [4.78, 5) is 20.7. The van der Waals surface area contributed by atoms with Gasteiger partial charge in [0.1, 0.15) is 0 Å². The Morgan fingerprint density at radius 3 is 2.32 bits per heavy atom. The Labute approximate surface area is 115 Å². The lowest BCUT2D eigenvalue weighted by molar-refractivity contribution is -0.142. The fraction of sp³-hybridized carbons (Fsp3) is 0.909. The molecule has 0 aliphatic heterocycles. The summed E-state index contributed by atoms with van der Waals surface area (Å²) in [5.41, 5.74) is -1.42. The van der Waals surface area contributed by atoms with Crippen molar-refractivity contribution in [3.63, 3.8) is 0 Å². The van der Waals surface area contributed by atoms with Gasteiger partial charge in [0.25, 0.3) is 0 Å². The molecule has 0 aromatic rings. The molecule has 0 aliphatic carbocycles. The lowest BCUT2D eigenvalue weighted by Gasteiger charge is -2.24. The minimum absolute atomic E-state index is 0.0867. The molecule has 0 spiro atoms. The number of carboxylic acid groups (broad SMARTS) is 1. The lowest BCUT2D eigenvalue weighted by Crippen LogP contribution is -2.31. The van der Waals surface area contributed by atoms with E-state index in [1.807, 2.05) is 20.0 Å². The minimum atomic E-state index is -4.29. The molecule has 0 heterocycles. The second-order valence-corrected chi connectivity index (χ2v) is 11.3. The van der Waals surface area contributed by atoms with Crippen LogP contribution in [-0.2, 0) is 18.6 Å². The summed E-state index contributed by atoms with van der Waals surface area (Å²) < 4.78 is 21.7. The Balaban J connectivity index is 4.58. The molecule has 2 atom stereocenters. The van der Waals surface area contributed by atoms with E-state index in [9.17, 15) is 14.3 Å². The number of aliphatic carboxylic acids is 1. The van der Waals surface area contributed by atoms with Crippen LogP contribution in [0.2, 0.25) is 19.1 Å². The summed E-state index contributed by atoms with van der Waals surface area (Å²) in [6.07, 6.45) is 2.53. The molecule has 0 saturated heterocycles. The zero-order valence-corrected chi connectivity index (χ0v) is 14.0. The first-order chi connectivity index (χ1) is 8.66. The van der Waals surface area contributed by atoms with Gasteiger partial charge in [0.2, 0.25) is 8.32 Å². The van der Waals surface area contributed by atoms with Gasteiger partial charge in [-0.3, -0.25) is 13.9 Å². The maximum Gasteiger partial charge on any atom is 0.368 e. The third-order valence-electron chi connectivity index (χ3n) is 2.74. The summed E-state index contributed by atoms with van der Waals surface area (Å²) in [6.45, 7) is 7.54. The van der Waals surface area contributed by atoms with Gasteiger partial charge in [0, 0.05) is 0 Å². The van der Waals surface area contributed by atoms with Crippen molar-refractivity contribution in [1.29, 1.82) is 0 Å². The Hall–Kier alpha value is -0.203. The molecule has 0 fully saturated rings. The molecule has 0 saturated carbocycles. The first kappa shape index (κ1) is 18.8. The first-order valence-electron chi connectivity index (χ1n) is 6.59. The fourth-order valence-electron chi connectivity index (χ4n) is 1.55. The molecular formula is C11H25O6PSi. The predicted molar refractivity (Wildman–Crippen MR) is 75.5 cm³/mol. The van der Waals surface area contributed by atoms with Crippen molar-refractivity contribution in [2.24, 2.45) is 0 Å². The molecule has 0 radical (unpaired) electrons. The molecule has 114 valence electrons. The van der Waals surface area contributed by atoms with Gasteiger partial charge in [-0.1, -0.05) is 33.1 Å². The molecule has 0 amide bonds. The Kier molecular flexibility index (Phi) is 8.08. The van der Waals surface area contributed by atoms with Crippen molar-refractivity contribution in [2.75, 3.05) is 0 Å². The summed E-state index contributed by atoms with van der Waals surface area (Å²) in [6, 6.07) is 0.801. The molecule has 0 aliphatic rings. The summed E-state index contributed by atoms with van der Waals surface area (Å²) in [5, 5.41) is 8.95. The normalized spacial score (nSPS) is 16.9. The summed E-state index contributed by atoms with van der Waals surface area (Å²) >= 11 is 0. The molecule has 19 heavy (non-hydrogen) atoms. The molecule has 0 aromatic heterocycles. The number of hydrogen-bond acceptors (Lipinski definition) is 4. The number of rotatable bonds is 10. The molecular weight excluding hydrogens is 287 g/mol. The Morgan fingerprint density at radius 1 is 1.32 bits per heavy atom. The van der Waals surface area contributed by atoms with E-state index in [1.165, 1.54) is 0 Å². The van der Waals surface area contributed by atoms with Crippen LogP contribution in [0.1, 0.15) is 39.5 Å². The number of carboxylic acids is 1. The van der Waals surface area contributed by atoms with E-state index in [0.717, 1.165) is 18.9 Å². The number of hydrogen-bond donors (Lipinski definition) is 2. The van der Waals surface area contributed by atoms with E-state index in [-0.39, 0.29) is 6.42 Å². The molecule has 8 heteroatoms. The largest absolute Gasteiger partial charge is 0.481 e. The Morgan fingerprint density at radius 2 is 1.89 bits per heavy atom. The average Bonchev–Trinajstić information content (AvgIpc) is 2.31.